The van der Waals surface area contributed by atoms with Gasteiger partial charge >= 0.3 is 5.97 Å². The van der Waals surface area contributed by atoms with Gasteiger partial charge in [0.2, 0.25) is 5.95 Å². The van der Waals surface area contributed by atoms with Crippen LogP contribution >= 0.6 is 0 Å². The lowest BCUT2D eigenvalue weighted by atomic mass is 10.0. The molecule has 0 aliphatic carbocycles. The third kappa shape index (κ3) is 4.38. The second kappa shape index (κ2) is 6.18. The first-order chi connectivity index (χ1) is 8.02. The Kier molecular flexibility index (Phi) is 4.87. The molecule has 1 aromatic rings. The predicted molar refractivity (Wildman–Crippen MR) is 66.0 cm³/mol. The maximum Gasteiger partial charge on any atom is 0.308 e. The van der Waals surface area contributed by atoms with E-state index < -0.39 is 5.97 Å². The van der Waals surface area contributed by atoms with Crippen LogP contribution in [0.5, 0.6) is 0 Å². The Labute approximate surface area is 101 Å². The van der Waals surface area contributed by atoms with Crippen LogP contribution in [0, 0.1) is 19.8 Å². The molecule has 94 valence electrons. The summed E-state index contributed by atoms with van der Waals surface area (Å²) in [6, 6.07) is 1.88. The fourth-order valence-electron chi connectivity index (χ4n) is 1.68. The van der Waals surface area contributed by atoms with Gasteiger partial charge in [-0.05, 0) is 26.3 Å². The molecule has 5 heteroatoms. The summed E-state index contributed by atoms with van der Waals surface area (Å²) >= 11 is 0. The van der Waals surface area contributed by atoms with E-state index in [9.17, 15) is 4.79 Å². The van der Waals surface area contributed by atoms with Gasteiger partial charge < -0.3 is 10.4 Å². The van der Waals surface area contributed by atoms with E-state index in [1.54, 1.807) is 0 Å². The molecular weight excluding hydrogens is 218 g/mol. The van der Waals surface area contributed by atoms with Crippen LogP contribution in [0.15, 0.2) is 6.07 Å². The molecule has 0 saturated carbocycles. The van der Waals surface area contributed by atoms with Gasteiger partial charge in [-0.3, -0.25) is 4.79 Å². The van der Waals surface area contributed by atoms with Gasteiger partial charge in [0.05, 0.1) is 5.92 Å². The number of nitrogens with zero attached hydrogens (tertiary/aromatic N) is 2. The van der Waals surface area contributed by atoms with Crippen molar-refractivity contribution < 1.29 is 9.90 Å². The molecule has 0 aliphatic heterocycles. The van der Waals surface area contributed by atoms with Gasteiger partial charge in [-0.15, -0.1) is 0 Å². The van der Waals surface area contributed by atoms with E-state index in [0.29, 0.717) is 18.9 Å². The zero-order valence-electron chi connectivity index (χ0n) is 10.5. The summed E-state index contributed by atoms with van der Waals surface area (Å²) in [5.74, 6) is -0.655. The Morgan fingerprint density at radius 2 is 2.00 bits per heavy atom. The minimum Gasteiger partial charge on any atom is -0.481 e. The quantitative estimate of drug-likeness (QED) is 0.791. The number of aromatic nitrogens is 2. The van der Waals surface area contributed by atoms with Gasteiger partial charge in [-0.25, -0.2) is 9.97 Å². The molecule has 1 heterocycles. The average Bonchev–Trinajstić information content (AvgIpc) is 2.22. The lowest BCUT2D eigenvalue weighted by molar-refractivity contribution is -0.141. The van der Waals surface area contributed by atoms with Crippen molar-refractivity contribution >= 4 is 11.9 Å². The van der Waals surface area contributed by atoms with Crippen molar-refractivity contribution in [3.05, 3.63) is 17.5 Å². The fraction of sp³-hybridized carbons (Fsp3) is 0.583. The van der Waals surface area contributed by atoms with E-state index in [1.165, 1.54) is 0 Å². The molecule has 0 aliphatic rings. The zero-order chi connectivity index (χ0) is 12.8. The van der Waals surface area contributed by atoms with Crippen LogP contribution in [0.1, 0.15) is 31.2 Å². The Hall–Kier alpha value is -1.65. The van der Waals surface area contributed by atoms with Gasteiger partial charge in [0, 0.05) is 17.9 Å². The van der Waals surface area contributed by atoms with E-state index in [4.69, 9.17) is 5.11 Å². The van der Waals surface area contributed by atoms with Gasteiger partial charge in [0.15, 0.2) is 0 Å². The van der Waals surface area contributed by atoms with Crippen LogP contribution in [-0.4, -0.2) is 27.6 Å². The second-order valence-corrected chi connectivity index (χ2v) is 4.18. The van der Waals surface area contributed by atoms with E-state index in [0.717, 1.165) is 17.8 Å². The lowest BCUT2D eigenvalue weighted by Gasteiger charge is -2.12. The predicted octanol–water partition coefficient (Wildman–Crippen LogP) is 2.01. The number of rotatable bonds is 6. The normalized spacial score (nSPS) is 12.2. The van der Waals surface area contributed by atoms with Gasteiger partial charge in [-0.1, -0.05) is 13.3 Å². The Morgan fingerprint density at radius 3 is 2.47 bits per heavy atom. The van der Waals surface area contributed by atoms with Gasteiger partial charge in [-0.2, -0.15) is 0 Å². The molecule has 0 radical (unpaired) electrons. The number of aryl methyl sites for hydroxylation is 2. The second-order valence-electron chi connectivity index (χ2n) is 4.18. The minimum absolute atomic E-state index is 0.367. The van der Waals surface area contributed by atoms with E-state index in [2.05, 4.69) is 15.3 Å². The number of hydrogen-bond acceptors (Lipinski definition) is 4. The third-order valence-electron chi connectivity index (χ3n) is 2.48. The highest BCUT2D eigenvalue weighted by Gasteiger charge is 2.16. The van der Waals surface area contributed by atoms with E-state index in [-0.39, 0.29) is 5.92 Å². The molecule has 5 nitrogen and oxygen atoms in total. The highest BCUT2D eigenvalue weighted by molar-refractivity contribution is 5.70. The summed E-state index contributed by atoms with van der Waals surface area (Å²) in [6.07, 6.45) is 1.51. The number of carboxylic acids is 1. The first-order valence-electron chi connectivity index (χ1n) is 5.82. The monoisotopic (exact) mass is 237 g/mol. The maximum atomic E-state index is 11.0. The van der Waals surface area contributed by atoms with Crippen LogP contribution in [0.4, 0.5) is 5.95 Å². The summed E-state index contributed by atoms with van der Waals surface area (Å²) in [5.41, 5.74) is 1.75. The molecule has 2 N–H and O–H groups in total. The first kappa shape index (κ1) is 13.4. The summed E-state index contributed by atoms with van der Waals surface area (Å²) in [6.45, 7) is 6.12. The summed E-state index contributed by atoms with van der Waals surface area (Å²) in [4.78, 5) is 19.4. The molecule has 0 saturated heterocycles. The molecule has 1 unspecified atom stereocenters. The zero-order valence-corrected chi connectivity index (χ0v) is 10.5. The summed E-state index contributed by atoms with van der Waals surface area (Å²) < 4.78 is 0. The van der Waals surface area contributed by atoms with Crippen molar-refractivity contribution in [2.75, 3.05) is 11.9 Å². The van der Waals surface area contributed by atoms with E-state index >= 15 is 0 Å². The van der Waals surface area contributed by atoms with Crippen molar-refractivity contribution in [1.29, 1.82) is 0 Å². The van der Waals surface area contributed by atoms with Crippen molar-refractivity contribution in [3.63, 3.8) is 0 Å². The smallest absolute Gasteiger partial charge is 0.308 e. The molecule has 17 heavy (non-hydrogen) atoms. The van der Waals surface area contributed by atoms with Gasteiger partial charge in [0.1, 0.15) is 0 Å². The third-order valence-corrected chi connectivity index (χ3v) is 2.48. The number of aliphatic carboxylic acids is 1. The van der Waals surface area contributed by atoms with Crippen molar-refractivity contribution in [1.82, 2.24) is 9.97 Å². The first-order valence-corrected chi connectivity index (χ1v) is 5.82. The number of nitrogens with one attached hydrogen (secondary N) is 1. The molecule has 0 spiro atoms. The van der Waals surface area contributed by atoms with Crippen molar-refractivity contribution in [2.45, 2.75) is 33.6 Å². The van der Waals surface area contributed by atoms with Crippen molar-refractivity contribution in [2.24, 2.45) is 5.92 Å². The molecule has 0 bridgehead atoms. The van der Waals surface area contributed by atoms with Crippen molar-refractivity contribution in [3.8, 4) is 0 Å². The molecule has 0 fully saturated rings. The number of carboxylic acid groups (broad SMARTS) is 1. The summed E-state index contributed by atoms with van der Waals surface area (Å²) in [5, 5.41) is 12.0. The molecule has 0 aromatic carbocycles. The topological polar surface area (TPSA) is 75.1 Å². The molecule has 1 aromatic heterocycles. The maximum absolute atomic E-state index is 11.0. The van der Waals surface area contributed by atoms with Crippen LogP contribution in [-0.2, 0) is 4.79 Å². The number of carbonyl (C=O) groups is 1. The number of anilines is 1. The molecule has 0 amide bonds. The van der Waals surface area contributed by atoms with Crippen LogP contribution in [0.3, 0.4) is 0 Å². The van der Waals surface area contributed by atoms with Crippen LogP contribution in [0.25, 0.3) is 0 Å². The fourth-order valence-corrected chi connectivity index (χ4v) is 1.68. The van der Waals surface area contributed by atoms with Crippen LogP contribution < -0.4 is 5.32 Å². The molecule has 1 atom stereocenters. The Bertz CT molecular complexity index is 373. The SMILES string of the molecule is CCCC(CNc1nc(C)cc(C)n1)C(=O)O. The Balaban J connectivity index is 2.61. The highest BCUT2D eigenvalue weighted by atomic mass is 16.4. The highest BCUT2D eigenvalue weighted by Crippen LogP contribution is 2.09. The molecule has 1 rings (SSSR count). The lowest BCUT2D eigenvalue weighted by Crippen LogP contribution is -2.23. The summed E-state index contributed by atoms with van der Waals surface area (Å²) in [7, 11) is 0. The average molecular weight is 237 g/mol. The van der Waals surface area contributed by atoms with Crippen LogP contribution in [0.2, 0.25) is 0 Å². The number of hydrogen-bond donors (Lipinski definition) is 2. The Morgan fingerprint density at radius 1 is 1.41 bits per heavy atom. The van der Waals surface area contributed by atoms with E-state index in [1.807, 2.05) is 26.8 Å². The largest absolute Gasteiger partial charge is 0.481 e. The minimum atomic E-state index is -0.774. The molecular formula is C12H19N3O2. The van der Waals surface area contributed by atoms with Gasteiger partial charge in [0.25, 0.3) is 0 Å². The standard InChI is InChI=1S/C12H19N3O2/c1-4-5-10(11(16)17)7-13-12-14-8(2)6-9(3)15-12/h6,10H,4-5,7H2,1-3H3,(H,16,17)(H,13,14,15).